The third-order valence-corrected chi connectivity index (χ3v) is 7.24. The Morgan fingerprint density at radius 2 is 2.06 bits per heavy atom. The fraction of sp³-hybridized carbons (Fsp3) is 0.364. The number of hydrogen-bond donors (Lipinski definition) is 3. The molecule has 0 spiro atoms. The van der Waals surface area contributed by atoms with Crippen LogP contribution in [0.5, 0.6) is 11.8 Å². The molecule has 4 heterocycles. The minimum Gasteiger partial charge on any atom is -0.421 e. The Kier molecular flexibility index (Phi) is 4.77. The second-order valence-electron chi connectivity index (χ2n) is 8.54. The number of nitrogens with zero attached hydrogens (tertiary/aromatic N) is 5. The zero-order chi connectivity index (χ0) is 22.7. The summed E-state index contributed by atoms with van der Waals surface area (Å²) in [5, 5.41) is 5.21. The second kappa shape index (κ2) is 7.70. The van der Waals surface area contributed by atoms with Crippen molar-refractivity contribution < 1.29 is 9.13 Å². The summed E-state index contributed by atoms with van der Waals surface area (Å²) < 4.78 is 20.4. The highest BCUT2D eigenvalue weighted by Gasteiger charge is 2.46. The Hall–Kier alpha value is -3.18. The van der Waals surface area contributed by atoms with E-state index < -0.39 is 0 Å². The molecule has 2 aliphatic rings. The van der Waals surface area contributed by atoms with E-state index in [1.807, 2.05) is 6.26 Å². The number of anilines is 2. The summed E-state index contributed by atoms with van der Waals surface area (Å²) >= 11 is 1.45. The van der Waals surface area contributed by atoms with Gasteiger partial charge in [0.15, 0.2) is 10.9 Å². The van der Waals surface area contributed by atoms with E-state index in [0.717, 1.165) is 41.6 Å². The minimum absolute atomic E-state index is 0.180. The molecule has 1 saturated carbocycles. The molecule has 6 rings (SSSR count). The van der Waals surface area contributed by atoms with E-state index in [9.17, 15) is 4.39 Å². The molecule has 3 aromatic heterocycles. The lowest BCUT2D eigenvalue weighted by molar-refractivity contribution is 0.194. The molecule has 1 aliphatic carbocycles. The summed E-state index contributed by atoms with van der Waals surface area (Å²) in [6.45, 7) is 1.67. The normalized spacial score (nSPS) is 21.9. The van der Waals surface area contributed by atoms with Gasteiger partial charge in [-0.2, -0.15) is 9.97 Å². The van der Waals surface area contributed by atoms with Crippen LogP contribution in [0.2, 0.25) is 0 Å². The van der Waals surface area contributed by atoms with E-state index in [2.05, 4.69) is 30.2 Å². The van der Waals surface area contributed by atoms with Crippen molar-refractivity contribution >= 4 is 45.2 Å². The van der Waals surface area contributed by atoms with Gasteiger partial charge >= 0.3 is 6.01 Å². The molecule has 1 aliphatic heterocycles. The van der Waals surface area contributed by atoms with Crippen LogP contribution < -0.4 is 20.7 Å². The zero-order valence-electron chi connectivity index (χ0n) is 18.2. The smallest absolute Gasteiger partial charge is 0.326 e. The molecule has 170 valence electrons. The van der Waals surface area contributed by atoms with E-state index in [4.69, 9.17) is 15.5 Å². The van der Waals surface area contributed by atoms with Crippen molar-refractivity contribution in [1.29, 1.82) is 0 Å². The van der Waals surface area contributed by atoms with Gasteiger partial charge in [-0.3, -0.25) is 0 Å². The topological polar surface area (TPSA) is 118 Å². The number of rotatable bonds is 5. The van der Waals surface area contributed by atoms with Gasteiger partial charge in [0.25, 0.3) is 0 Å². The van der Waals surface area contributed by atoms with Gasteiger partial charge in [-0.1, -0.05) is 11.8 Å². The van der Waals surface area contributed by atoms with Crippen LogP contribution in [0.25, 0.3) is 21.9 Å². The molecule has 33 heavy (non-hydrogen) atoms. The van der Waals surface area contributed by atoms with E-state index in [1.165, 1.54) is 23.9 Å². The van der Waals surface area contributed by atoms with E-state index in [1.54, 1.807) is 19.4 Å². The first kappa shape index (κ1) is 20.4. The lowest BCUT2D eigenvalue weighted by Gasteiger charge is -2.36. The molecule has 4 aromatic rings. The molecule has 0 bridgehead atoms. The molecule has 4 N–H and O–H groups in total. The van der Waals surface area contributed by atoms with Crippen LogP contribution in [0.15, 0.2) is 29.7 Å². The Morgan fingerprint density at radius 1 is 1.24 bits per heavy atom. The predicted octanol–water partition coefficient (Wildman–Crippen LogP) is 3.38. The average molecular weight is 467 g/mol. The van der Waals surface area contributed by atoms with Gasteiger partial charge in [-0.25, -0.2) is 14.4 Å². The third-order valence-electron chi connectivity index (χ3n) is 6.67. The van der Waals surface area contributed by atoms with Gasteiger partial charge in [0.05, 0.1) is 29.0 Å². The van der Waals surface area contributed by atoms with Crippen molar-refractivity contribution in [3.05, 3.63) is 30.3 Å². The largest absolute Gasteiger partial charge is 0.421 e. The highest BCUT2D eigenvalue weighted by Crippen LogP contribution is 2.44. The first-order valence-corrected chi connectivity index (χ1v) is 12.0. The van der Waals surface area contributed by atoms with Gasteiger partial charge in [0, 0.05) is 31.6 Å². The fourth-order valence-corrected chi connectivity index (χ4v) is 5.31. The lowest BCUT2D eigenvalue weighted by Crippen LogP contribution is -2.46. The summed E-state index contributed by atoms with van der Waals surface area (Å²) in [6.07, 6.45) is 6.12. The van der Waals surface area contributed by atoms with Gasteiger partial charge in [-0.15, -0.1) is 0 Å². The lowest BCUT2D eigenvalue weighted by atomic mass is 9.72. The van der Waals surface area contributed by atoms with Crippen molar-refractivity contribution in [2.24, 2.45) is 17.6 Å². The molecular formula is C22H23FN8OS. The number of halogens is 1. The maximum Gasteiger partial charge on any atom is 0.326 e. The Labute approximate surface area is 193 Å². The summed E-state index contributed by atoms with van der Waals surface area (Å²) in [5.74, 6) is 1.84. The molecule has 1 aromatic carbocycles. The Bertz CT molecular complexity index is 1360. The first-order valence-electron chi connectivity index (χ1n) is 10.8. The van der Waals surface area contributed by atoms with Crippen molar-refractivity contribution in [3.8, 4) is 11.8 Å². The molecule has 2 fully saturated rings. The third kappa shape index (κ3) is 3.34. The van der Waals surface area contributed by atoms with Gasteiger partial charge in [0.2, 0.25) is 0 Å². The molecule has 1 saturated heterocycles. The van der Waals surface area contributed by atoms with Crippen LogP contribution in [0, 0.1) is 17.7 Å². The number of nitrogens with two attached hydrogens (primary N) is 1. The Morgan fingerprint density at radius 3 is 2.76 bits per heavy atom. The van der Waals surface area contributed by atoms with E-state index >= 15 is 0 Å². The second-order valence-corrected chi connectivity index (χ2v) is 9.31. The number of nitrogens with one attached hydrogen (secondary N) is 2. The number of aromatic nitrogens is 5. The molecule has 0 amide bonds. The van der Waals surface area contributed by atoms with Crippen molar-refractivity contribution in [2.75, 3.05) is 36.6 Å². The average Bonchev–Trinajstić information content (AvgIpc) is 3.36. The molecular weight excluding hydrogens is 443 g/mol. The number of hydrogen-bond acceptors (Lipinski definition) is 9. The van der Waals surface area contributed by atoms with Gasteiger partial charge in [-0.05, 0) is 36.6 Å². The summed E-state index contributed by atoms with van der Waals surface area (Å²) in [4.78, 5) is 23.4. The monoisotopic (exact) mass is 466 g/mol. The molecule has 11 heteroatoms. The highest BCUT2D eigenvalue weighted by molar-refractivity contribution is 7.98. The van der Waals surface area contributed by atoms with Crippen molar-refractivity contribution in [1.82, 2.24) is 24.9 Å². The van der Waals surface area contributed by atoms with Crippen LogP contribution in [0.4, 0.5) is 15.9 Å². The number of thioether (sulfide) groups is 1. The number of H-pyrrole nitrogens is 1. The number of benzene rings is 1. The number of fused-ring (bicyclic) bond motifs is 4. The van der Waals surface area contributed by atoms with Gasteiger partial charge in [0.1, 0.15) is 17.3 Å². The van der Waals surface area contributed by atoms with Crippen LogP contribution in [0.3, 0.4) is 0 Å². The van der Waals surface area contributed by atoms with Crippen molar-refractivity contribution in [2.45, 2.75) is 17.6 Å². The maximum atomic E-state index is 14.4. The minimum atomic E-state index is -0.325. The maximum absolute atomic E-state index is 14.4. The van der Waals surface area contributed by atoms with Crippen LogP contribution in [0.1, 0.15) is 6.42 Å². The zero-order valence-corrected chi connectivity index (χ0v) is 19.0. The first-order chi connectivity index (χ1) is 16.0. The highest BCUT2D eigenvalue weighted by atomic mass is 32.2. The fourth-order valence-electron chi connectivity index (χ4n) is 5.00. The van der Waals surface area contributed by atoms with Crippen molar-refractivity contribution in [3.63, 3.8) is 0 Å². The standard InChI is InChI=1S/C22H23FN8OS/c1-25-16-5-11(23)4-13-17-19(28-18(13)16)29-21(32-12-6-26-22(33-2)27-7-12)30-20(17)31-8-10-3-15(24)14(10)9-31/h4-7,10,14-15,25H,3,8-9,24H2,1-2H3,(H,28,29,30). The number of ether oxygens (including phenoxy) is 1. The van der Waals surface area contributed by atoms with Crippen LogP contribution >= 0.6 is 11.8 Å². The molecule has 9 nitrogen and oxygen atoms in total. The summed E-state index contributed by atoms with van der Waals surface area (Å²) in [7, 11) is 1.76. The summed E-state index contributed by atoms with van der Waals surface area (Å²) in [6, 6.07) is 3.38. The van der Waals surface area contributed by atoms with E-state index in [0.29, 0.717) is 34.1 Å². The van der Waals surface area contributed by atoms with Gasteiger partial charge < -0.3 is 25.7 Å². The SMILES string of the molecule is CNc1cc(F)cc2c1[nH]c1nc(Oc3cnc(SC)nc3)nc(N3CC4CC(N)C4C3)c12. The summed E-state index contributed by atoms with van der Waals surface area (Å²) in [5.41, 5.74) is 8.24. The molecule has 3 atom stereocenters. The van der Waals surface area contributed by atoms with Crippen LogP contribution in [-0.4, -0.2) is 57.4 Å². The quantitative estimate of drug-likeness (QED) is 0.300. The molecule has 3 unspecified atom stereocenters. The predicted molar refractivity (Wildman–Crippen MR) is 127 cm³/mol. The number of aromatic amines is 1. The Balaban J connectivity index is 1.50. The van der Waals surface area contributed by atoms with E-state index in [-0.39, 0.29) is 17.9 Å². The van der Waals surface area contributed by atoms with Crippen LogP contribution in [-0.2, 0) is 0 Å². The molecule has 0 radical (unpaired) electrons.